The van der Waals surface area contributed by atoms with E-state index in [1.54, 1.807) is 0 Å². The average molecular weight is 240 g/mol. The Bertz CT molecular complexity index is 579. The summed E-state index contributed by atoms with van der Waals surface area (Å²) >= 11 is 0. The summed E-state index contributed by atoms with van der Waals surface area (Å²) in [7, 11) is 0. The lowest BCUT2D eigenvalue weighted by molar-refractivity contribution is 0.112. The SMILES string of the molecule is CC(C)c1cccc2c(C(C)C)c(C=O)ccc12. The molecule has 0 amide bonds. The number of rotatable bonds is 3. The van der Waals surface area contributed by atoms with Crippen LogP contribution in [0, 0.1) is 0 Å². The highest BCUT2D eigenvalue weighted by Crippen LogP contribution is 2.32. The fourth-order valence-electron chi connectivity index (χ4n) is 2.67. The third-order valence-electron chi connectivity index (χ3n) is 3.50. The molecule has 0 heterocycles. The van der Waals surface area contributed by atoms with Crippen molar-refractivity contribution in [2.45, 2.75) is 39.5 Å². The highest BCUT2D eigenvalue weighted by molar-refractivity contribution is 5.95. The minimum atomic E-state index is 0.358. The van der Waals surface area contributed by atoms with Crippen LogP contribution in [-0.4, -0.2) is 6.29 Å². The molecule has 18 heavy (non-hydrogen) atoms. The maximum atomic E-state index is 11.2. The summed E-state index contributed by atoms with van der Waals surface area (Å²) in [4.78, 5) is 11.2. The molecule has 1 nitrogen and oxygen atoms in total. The van der Waals surface area contributed by atoms with Crippen LogP contribution in [0.2, 0.25) is 0 Å². The van der Waals surface area contributed by atoms with Crippen LogP contribution in [0.5, 0.6) is 0 Å². The third kappa shape index (κ3) is 2.05. The van der Waals surface area contributed by atoms with E-state index in [4.69, 9.17) is 0 Å². The first-order valence-electron chi connectivity index (χ1n) is 6.57. The monoisotopic (exact) mass is 240 g/mol. The summed E-state index contributed by atoms with van der Waals surface area (Å²) in [6, 6.07) is 10.4. The van der Waals surface area contributed by atoms with Crippen molar-refractivity contribution < 1.29 is 4.79 Å². The maximum Gasteiger partial charge on any atom is 0.150 e. The van der Waals surface area contributed by atoms with Gasteiger partial charge in [-0.05, 0) is 33.7 Å². The molecule has 0 saturated heterocycles. The van der Waals surface area contributed by atoms with Gasteiger partial charge in [-0.25, -0.2) is 0 Å². The van der Waals surface area contributed by atoms with E-state index in [2.05, 4.69) is 52.0 Å². The van der Waals surface area contributed by atoms with Crippen LogP contribution < -0.4 is 0 Å². The number of aldehydes is 1. The van der Waals surface area contributed by atoms with Crippen molar-refractivity contribution in [2.24, 2.45) is 0 Å². The molecule has 2 aromatic carbocycles. The lowest BCUT2D eigenvalue weighted by Crippen LogP contribution is -1.99. The van der Waals surface area contributed by atoms with Gasteiger partial charge in [0.2, 0.25) is 0 Å². The van der Waals surface area contributed by atoms with Crippen molar-refractivity contribution in [1.82, 2.24) is 0 Å². The highest BCUT2D eigenvalue weighted by atomic mass is 16.1. The standard InChI is InChI=1S/C17H20O/c1-11(2)14-6-5-7-16-15(14)9-8-13(10-18)17(16)12(3)4/h5-12H,1-4H3. The largest absolute Gasteiger partial charge is 0.298 e. The Kier molecular flexibility index (Phi) is 3.51. The lowest BCUT2D eigenvalue weighted by Gasteiger charge is -2.16. The molecule has 0 bridgehead atoms. The molecule has 0 aromatic heterocycles. The molecule has 94 valence electrons. The predicted molar refractivity (Wildman–Crippen MR) is 77.5 cm³/mol. The van der Waals surface area contributed by atoms with E-state index in [0.717, 1.165) is 11.8 Å². The molecule has 1 heteroatoms. The fourth-order valence-corrected chi connectivity index (χ4v) is 2.67. The number of benzene rings is 2. The molecule has 0 aliphatic heterocycles. The third-order valence-corrected chi connectivity index (χ3v) is 3.50. The van der Waals surface area contributed by atoms with Crippen molar-refractivity contribution in [3.8, 4) is 0 Å². The second-order valence-corrected chi connectivity index (χ2v) is 5.44. The van der Waals surface area contributed by atoms with E-state index in [1.165, 1.54) is 21.9 Å². The first-order valence-corrected chi connectivity index (χ1v) is 6.57. The van der Waals surface area contributed by atoms with Crippen LogP contribution in [0.1, 0.15) is 61.0 Å². The Hall–Kier alpha value is -1.63. The van der Waals surface area contributed by atoms with Gasteiger partial charge in [-0.15, -0.1) is 0 Å². The maximum absolute atomic E-state index is 11.2. The van der Waals surface area contributed by atoms with Gasteiger partial charge in [0.05, 0.1) is 0 Å². The number of fused-ring (bicyclic) bond motifs is 1. The van der Waals surface area contributed by atoms with Gasteiger partial charge in [0.25, 0.3) is 0 Å². The molecule has 0 radical (unpaired) electrons. The van der Waals surface area contributed by atoms with E-state index in [9.17, 15) is 4.79 Å². The summed E-state index contributed by atoms with van der Waals surface area (Å²) in [5, 5.41) is 2.50. The van der Waals surface area contributed by atoms with Gasteiger partial charge in [0, 0.05) is 5.56 Å². The van der Waals surface area contributed by atoms with Crippen molar-refractivity contribution in [3.63, 3.8) is 0 Å². The second kappa shape index (κ2) is 4.93. The van der Waals surface area contributed by atoms with E-state index < -0.39 is 0 Å². The Morgan fingerprint density at radius 1 is 0.889 bits per heavy atom. The van der Waals surface area contributed by atoms with Crippen molar-refractivity contribution in [3.05, 3.63) is 47.0 Å². The molecule has 0 spiro atoms. The molecule has 2 rings (SSSR count). The Labute approximate surface area is 109 Å². The zero-order valence-electron chi connectivity index (χ0n) is 11.5. The van der Waals surface area contributed by atoms with Crippen molar-refractivity contribution in [1.29, 1.82) is 0 Å². The number of carbonyl (C=O) groups excluding carboxylic acids is 1. The predicted octanol–water partition coefficient (Wildman–Crippen LogP) is 4.90. The first kappa shape index (κ1) is 12.8. The molecule has 0 N–H and O–H groups in total. The number of hydrogen-bond acceptors (Lipinski definition) is 1. The van der Waals surface area contributed by atoms with Crippen molar-refractivity contribution >= 4 is 17.1 Å². The summed E-state index contributed by atoms with van der Waals surface area (Å²) < 4.78 is 0. The minimum Gasteiger partial charge on any atom is -0.298 e. The molecular weight excluding hydrogens is 220 g/mol. The molecule has 0 fully saturated rings. The summed E-state index contributed by atoms with van der Waals surface area (Å²) in [5.41, 5.74) is 3.34. The van der Waals surface area contributed by atoms with Crippen molar-refractivity contribution in [2.75, 3.05) is 0 Å². The number of carbonyl (C=O) groups is 1. The summed E-state index contributed by atoms with van der Waals surface area (Å²) in [6.07, 6.45) is 0.969. The molecular formula is C17H20O. The quantitative estimate of drug-likeness (QED) is 0.697. The highest BCUT2D eigenvalue weighted by Gasteiger charge is 2.13. The Balaban J connectivity index is 2.86. The van der Waals surface area contributed by atoms with E-state index in [1.807, 2.05) is 6.07 Å². The molecule has 0 atom stereocenters. The Morgan fingerprint density at radius 3 is 2.17 bits per heavy atom. The fraction of sp³-hybridized carbons (Fsp3) is 0.353. The van der Waals surface area contributed by atoms with Gasteiger partial charge in [-0.1, -0.05) is 58.0 Å². The topological polar surface area (TPSA) is 17.1 Å². The van der Waals surface area contributed by atoms with E-state index in [0.29, 0.717) is 11.8 Å². The molecule has 0 aliphatic carbocycles. The lowest BCUT2D eigenvalue weighted by atomic mass is 9.88. The van der Waals surface area contributed by atoms with E-state index in [-0.39, 0.29) is 0 Å². The number of hydrogen-bond donors (Lipinski definition) is 0. The molecule has 0 unspecified atom stereocenters. The van der Waals surface area contributed by atoms with E-state index >= 15 is 0 Å². The van der Waals surface area contributed by atoms with Crippen LogP contribution in [-0.2, 0) is 0 Å². The van der Waals surface area contributed by atoms with Crippen LogP contribution in [0.3, 0.4) is 0 Å². The summed E-state index contributed by atoms with van der Waals surface area (Å²) in [5.74, 6) is 0.854. The normalized spacial score (nSPS) is 11.4. The van der Waals surface area contributed by atoms with Gasteiger partial charge in [-0.2, -0.15) is 0 Å². The zero-order chi connectivity index (χ0) is 13.3. The minimum absolute atomic E-state index is 0.358. The van der Waals surface area contributed by atoms with Crippen LogP contribution in [0.25, 0.3) is 10.8 Å². The summed E-state index contributed by atoms with van der Waals surface area (Å²) in [6.45, 7) is 8.70. The van der Waals surface area contributed by atoms with Crippen LogP contribution in [0.15, 0.2) is 30.3 Å². The van der Waals surface area contributed by atoms with Gasteiger partial charge < -0.3 is 0 Å². The molecule has 2 aromatic rings. The van der Waals surface area contributed by atoms with Gasteiger partial charge in [0.1, 0.15) is 6.29 Å². The van der Waals surface area contributed by atoms with Gasteiger partial charge >= 0.3 is 0 Å². The smallest absolute Gasteiger partial charge is 0.150 e. The average Bonchev–Trinajstić information content (AvgIpc) is 2.35. The van der Waals surface area contributed by atoms with Crippen LogP contribution in [0.4, 0.5) is 0 Å². The first-order chi connectivity index (χ1) is 8.56. The molecule has 0 aliphatic rings. The van der Waals surface area contributed by atoms with Crippen LogP contribution >= 0.6 is 0 Å². The zero-order valence-corrected chi connectivity index (χ0v) is 11.5. The molecule has 0 saturated carbocycles. The van der Waals surface area contributed by atoms with Gasteiger partial charge in [-0.3, -0.25) is 4.79 Å². The Morgan fingerprint density at radius 2 is 1.61 bits per heavy atom. The van der Waals surface area contributed by atoms with Gasteiger partial charge in [0.15, 0.2) is 0 Å². The second-order valence-electron chi connectivity index (χ2n) is 5.44.